The number of carbonyl (C=O) groups is 2. The normalized spacial score (nSPS) is 19.3. The van der Waals surface area contributed by atoms with E-state index in [1.807, 2.05) is 0 Å². The van der Waals surface area contributed by atoms with Crippen molar-refractivity contribution < 1.29 is 27.5 Å². The van der Waals surface area contributed by atoms with Crippen LogP contribution in [0.5, 0.6) is 0 Å². The molecule has 21 heavy (non-hydrogen) atoms. The molecule has 1 unspecified atom stereocenters. The van der Waals surface area contributed by atoms with Gasteiger partial charge in [0, 0.05) is 13.5 Å². The molecule has 7 nitrogen and oxygen atoms in total. The van der Waals surface area contributed by atoms with Gasteiger partial charge < -0.3 is 9.64 Å². The number of carbonyl (C=O) groups excluding carboxylic acids is 2. The number of hydrogen-bond donors (Lipinski definition) is 0. The van der Waals surface area contributed by atoms with Crippen molar-refractivity contribution in [3.63, 3.8) is 0 Å². The molecule has 1 fully saturated rings. The number of anilines is 1. The molecule has 116 valence electrons. The number of amides is 2. The smallest absolute Gasteiger partial charge is 0.439 e. The van der Waals surface area contributed by atoms with Crippen LogP contribution in [0.2, 0.25) is 0 Å². The number of urea groups is 1. The number of hydrogen-bond acceptors (Lipinski definition) is 6. The first-order chi connectivity index (χ1) is 9.74. The van der Waals surface area contributed by atoms with Crippen molar-refractivity contribution in [3.8, 4) is 0 Å². The van der Waals surface area contributed by atoms with Crippen LogP contribution in [0.3, 0.4) is 0 Å². The highest BCUT2D eigenvalue weighted by molar-refractivity contribution is 7.15. The fourth-order valence-corrected chi connectivity index (χ4v) is 2.55. The maximum Gasteiger partial charge on any atom is 0.445 e. The Morgan fingerprint density at radius 3 is 2.62 bits per heavy atom. The molecule has 1 atom stereocenters. The molecule has 0 N–H and O–H groups in total. The number of rotatable bonds is 3. The molecule has 0 aliphatic carbocycles. The number of likely N-dealkylation sites (N-methyl/N-ethyl adjacent to an activating group) is 1. The number of halogens is 3. The predicted octanol–water partition coefficient (Wildman–Crippen LogP) is 1.71. The van der Waals surface area contributed by atoms with Crippen molar-refractivity contribution in [2.45, 2.75) is 26.3 Å². The molecule has 1 aliphatic heterocycles. The third-order valence-electron chi connectivity index (χ3n) is 2.69. The van der Waals surface area contributed by atoms with Crippen LogP contribution < -0.4 is 4.90 Å². The van der Waals surface area contributed by atoms with Crippen LogP contribution in [0.4, 0.5) is 23.1 Å². The van der Waals surface area contributed by atoms with Crippen LogP contribution in [-0.4, -0.2) is 46.4 Å². The summed E-state index contributed by atoms with van der Waals surface area (Å²) >= 11 is 0.224. The van der Waals surface area contributed by atoms with Crippen LogP contribution in [0.25, 0.3) is 0 Å². The highest BCUT2D eigenvalue weighted by atomic mass is 32.1. The Kier molecular flexibility index (Phi) is 4.03. The Morgan fingerprint density at radius 1 is 1.48 bits per heavy atom. The van der Waals surface area contributed by atoms with E-state index in [1.165, 1.54) is 4.90 Å². The van der Waals surface area contributed by atoms with Gasteiger partial charge >= 0.3 is 18.2 Å². The van der Waals surface area contributed by atoms with Gasteiger partial charge in [0.1, 0.15) is 0 Å². The summed E-state index contributed by atoms with van der Waals surface area (Å²) in [5, 5.41) is 4.98. The number of ether oxygens (including phenoxy) is 1. The van der Waals surface area contributed by atoms with E-state index in [0.717, 1.165) is 11.8 Å². The molecule has 2 heterocycles. The second kappa shape index (κ2) is 5.47. The average Bonchev–Trinajstić information content (AvgIpc) is 2.93. The third-order valence-corrected chi connectivity index (χ3v) is 3.66. The minimum Gasteiger partial charge on any atom is -0.439 e. The zero-order valence-corrected chi connectivity index (χ0v) is 11.9. The first-order valence-electron chi connectivity index (χ1n) is 5.90. The van der Waals surface area contributed by atoms with E-state index in [4.69, 9.17) is 4.74 Å². The Balaban J connectivity index is 2.31. The first kappa shape index (κ1) is 15.5. The zero-order chi connectivity index (χ0) is 15.8. The van der Waals surface area contributed by atoms with Gasteiger partial charge in [-0.3, -0.25) is 4.79 Å². The van der Waals surface area contributed by atoms with E-state index < -0.39 is 29.4 Å². The van der Waals surface area contributed by atoms with Crippen molar-refractivity contribution in [1.82, 2.24) is 15.1 Å². The predicted molar refractivity (Wildman–Crippen MR) is 65.6 cm³/mol. The molecular weight excluding hydrogens is 313 g/mol. The summed E-state index contributed by atoms with van der Waals surface area (Å²) < 4.78 is 42.6. The maximum atomic E-state index is 12.5. The Morgan fingerprint density at radius 2 is 2.14 bits per heavy atom. The van der Waals surface area contributed by atoms with Crippen molar-refractivity contribution >= 4 is 28.5 Å². The van der Waals surface area contributed by atoms with Gasteiger partial charge in [-0.1, -0.05) is 11.3 Å². The van der Waals surface area contributed by atoms with Gasteiger partial charge in [0.05, 0.1) is 6.54 Å². The van der Waals surface area contributed by atoms with Gasteiger partial charge in [0.15, 0.2) is 0 Å². The quantitative estimate of drug-likeness (QED) is 0.791. The molecule has 0 bridgehead atoms. The fourth-order valence-electron chi connectivity index (χ4n) is 1.80. The molecule has 1 aromatic rings. The summed E-state index contributed by atoms with van der Waals surface area (Å²) in [7, 11) is 0. The zero-order valence-electron chi connectivity index (χ0n) is 11.0. The number of aromatic nitrogens is 2. The van der Waals surface area contributed by atoms with E-state index in [1.54, 1.807) is 6.92 Å². The molecule has 0 aromatic carbocycles. The highest BCUT2D eigenvalue weighted by Gasteiger charge is 2.43. The molecule has 0 spiro atoms. The SMILES string of the molecule is CCN1CC(OC(C)=O)N(c2nnc(C(F)(F)F)s2)C1=O. The largest absolute Gasteiger partial charge is 0.445 e. The minimum atomic E-state index is -4.64. The molecule has 1 aliphatic rings. The fraction of sp³-hybridized carbons (Fsp3) is 0.600. The van der Waals surface area contributed by atoms with E-state index >= 15 is 0 Å². The van der Waals surface area contributed by atoms with E-state index in [0.29, 0.717) is 6.54 Å². The molecule has 0 saturated carbocycles. The van der Waals surface area contributed by atoms with Gasteiger partial charge in [0.2, 0.25) is 16.4 Å². The van der Waals surface area contributed by atoms with E-state index in [-0.39, 0.29) is 23.0 Å². The summed E-state index contributed by atoms with van der Waals surface area (Å²) in [5.74, 6) is -0.642. The summed E-state index contributed by atoms with van der Waals surface area (Å²) in [5.41, 5.74) is 0. The van der Waals surface area contributed by atoms with Crippen LogP contribution in [0, 0.1) is 0 Å². The van der Waals surface area contributed by atoms with Crippen molar-refractivity contribution in [3.05, 3.63) is 5.01 Å². The number of alkyl halides is 3. The van der Waals surface area contributed by atoms with Gasteiger partial charge in [-0.25, -0.2) is 9.69 Å². The number of nitrogens with zero attached hydrogens (tertiary/aromatic N) is 4. The molecule has 0 radical (unpaired) electrons. The Bertz CT molecular complexity index is 562. The number of esters is 1. The summed E-state index contributed by atoms with van der Waals surface area (Å²) in [6.07, 6.45) is -5.65. The second-order valence-corrected chi connectivity index (χ2v) is 5.10. The van der Waals surface area contributed by atoms with E-state index in [9.17, 15) is 22.8 Å². The Labute approximate surface area is 121 Å². The highest BCUT2D eigenvalue weighted by Crippen LogP contribution is 2.36. The molecule has 2 rings (SSSR count). The van der Waals surface area contributed by atoms with Crippen LogP contribution in [0.1, 0.15) is 18.9 Å². The monoisotopic (exact) mass is 324 g/mol. The summed E-state index contributed by atoms with van der Waals surface area (Å²) in [6.45, 7) is 3.25. The minimum absolute atomic E-state index is 0.0653. The first-order valence-corrected chi connectivity index (χ1v) is 6.71. The topological polar surface area (TPSA) is 75.6 Å². The Hall–Kier alpha value is -1.91. The van der Waals surface area contributed by atoms with Crippen molar-refractivity contribution in [2.75, 3.05) is 18.0 Å². The maximum absolute atomic E-state index is 12.5. The molecule has 11 heteroatoms. The lowest BCUT2D eigenvalue weighted by Crippen LogP contribution is -2.37. The standard InChI is InChI=1S/C10H11F3N4O3S/c1-3-16-4-6(20-5(2)18)17(9(16)19)8-15-14-7(21-8)10(11,12)13/h6H,3-4H2,1-2H3. The van der Waals surface area contributed by atoms with Crippen molar-refractivity contribution in [2.24, 2.45) is 0 Å². The second-order valence-electron chi connectivity index (χ2n) is 4.14. The van der Waals surface area contributed by atoms with Gasteiger partial charge in [-0.05, 0) is 6.92 Å². The van der Waals surface area contributed by atoms with Crippen molar-refractivity contribution in [1.29, 1.82) is 0 Å². The van der Waals surface area contributed by atoms with E-state index in [2.05, 4.69) is 10.2 Å². The lowest BCUT2D eigenvalue weighted by atomic mass is 10.5. The molecular formula is C10H11F3N4O3S. The van der Waals surface area contributed by atoms with Crippen LogP contribution in [0.15, 0.2) is 0 Å². The van der Waals surface area contributed by atoms with Gasteiger partial charge in [0.25, 0.3) is 0 Å². The lowest BCUT2D eigenvalue weighted by molar-refractivity contribution is -0.145. The third kappa shape index (κ3) is 3.06. The lowest BCUT2D eigenvalue weighted by Gasteiger charge is -2.18. The van der Waals surface area contributed by atoms with Gasteiger partial charge in [-0.15, -0.1) is 10.2 Å². The molecule has 1 saturated heterocycles. The van der Waals surface area contributed by atoms with Crippen LogP contribution >= 0.6 is 11.3 Å². The summed E-state index contributed by atoms with van der Waals surface area (Å²) in [4.78, 5) is 25.4. The van der Waals surface area contributed by atoms with Crippen LogP contribution in [-0.2, 0) is 15.7 Å². The molecule has 2 amide bonds. The van der Waals surface area contributed by atoms with Gasteiger partial charge in [-0.2, -0.15) is 13.2 Å². The molecule has 1 aromatic heterocycles. The average molecular weight is 324 g/mol. The summed E-state index contributed by atoms with van der Waals surface area (Å²) in [6, 6.07) is -0.575.